The van der Waals surface area contributed by atoms with Crippen LogP contribution >= 0.6 is 11.6 Å². The molecule has 0 fully saturated rings. The lowest BCUT2D eigenvalue weighted by Gasteiger charge is -2.11. The van der Waals surface area contributed by atoms with Gasteiger partial charge in [0.15, 0.2) is 0 Å². The molecule has 3 heterocycles. The molecule has 0 aliphatic rings. The molecule has 3 aromatic heterocycles. The molecular weight excluding hydrogens is 286 g/mol. The topological polar surface area (TPSA) is 63.6 Å². The highest BCUT2D eigenvalue weighted by Gasteiger charge is 2.10. The van der Waals surface area contributed by atoms with Crippen LogP contribution in [0.15, 0.2) is 48.9 Å². The van der Waals surface area contributed by atoms with Gasteiger partial charge in [-0.2, -0.15) is 0 Å². The molecule has 0 unspecified atom stereocenters. The molecule has 0 saturated heterocycles. The summed E-state index contributed by atoms with van der Waals surface area (Å²) in [4.78, 5) is 16.9. The van der Waals surface area contributed by atoms with E-state index in [0.717, 1.165) is 22.6 Å². The molecule has 0 aliphatic heterocycles. The monoisotopic (exact) mass is 297 g/mol. The van der Waals surface area contributed by atoms with Crippen molar-refractivity contribution in [2.45, 2.75) is 6.92 Å². The van der Waals surface area contributed by atoms with Crippen molar-refractivity contribution in [1.29, 1.82) is 0 Å². The molecule has 5 nitrogen and oxygen atoms in total. The standard InChI is InChI=1S/C15H12ClN5/c1-10-9-19-15(16)21-14(10)20-12-6-4-8-18-13(12)11-5-2-3-7-17-11/h2-9H,1H3,(H,19,20,21). The van der Waals surface area contributed by atoms with Gasteiger partial charge in [0.2, 0.25) is 5.28 Å². The second-order valence-corrected chi connectivity index (χ2v) is 4.75. The average Bonchev–Trinajstić information content (AvgIpc) is 2.52. The number of hydrogen-bond acceptors (Lipinski definition) is 5. The smallest absolute Gasteiger partial charge is 0.224 e. The van der Waals surface area contributed by atoms with Crippen LogP contribution < -0.4 is 5.32 Å². The Bertz CT molecular complexity index is 761. The van der Waals surface area contributed by atoms with E-state index in [4.69, 9.17) is 11.6 Å². The molecular formula is C15H12ClN5. The first-order chi connectivity index (χ1) is 10.2. The maximum absolute atomic E-state index is 5.85. The van der Waals surface area contributed by atoms with Crippen LogP contribution in [-0.4, -0.2) is 19.9 Å². The Labute approximate surface area is 127 Å². The summed E-state index contributed by atoms with van der Waals surface area (Å²) in [7, 11) is 0. The highest BCUT2D eigenvalue weighted by Crippen LogP contribution is 2.27. The predicted molar refractivity (Wildman–Crippen MR) is 82.5 cm³/mol. The molecule has 104 valence electrons. The first-order valence-corrected chi connectivity index (χ1v) is 6.74. The summed E-state index contributed by atoms with van der Waals surface area (Å²) in [5, 5.41) is 3.44. The lowest BCUT2D eigenvalue weighted by Crippen LogP contribution is -2.01. The number of hydrogen-bond donors (Lipinski definition) is 1. The maximum atomic E-state index is 5.85. The lowest BCUT2D eigenvalue weighted by molar-refractivity contribution is 1.13. The second kappa shape index (κ2) is 5.85. The molecule has 21 heavy (non-hydrogen) atoms. The zero-order chi connectivity index (χ0) is 14.7. The second-order valence-electron chi connectivity index (χ2n) is 4.41. The van der Waals surface area contributed by atoms with E-state index in [0.29, 0.717) is 5.82 Å². The minimum absolute atomic E-state index is 0.200. The largest absolute Gasteiger partial charge is 0.338 e. The molecule has 0 aromatic carbocycles. The maximum Gasteiger partial charge on any atom is 0.224 e. The summed E-state index contributed by atoms with van der Waals surface area (Å²) in [6.45, 7) is 1.91. The number of rotatable bonds is 3. The fourth-order valence-corrected chi connectivity index (χ4v) is 2.02. The molecule has 0 amide bonds. The highest BCUT2D eigenvalue weighted by atomic mass is 35.5. The summed E-state index contributed by atoms with van der Waals surface area (Å²) in [6.07, 6.45) is 5.14. The number of nitrogens with one attached hydrogen (secondary N) is 1. The number of halogens is 1. The van der Waals surface area contributed by atoms with Crippen molar-refractivity contribution in [3.05, 3.63) is 59.8 Å². The number of nitrogens with zero attached hydrogens (tertiary/aromatic N) is 4. The van der Waals surface area contributed by atoms with Gasteiger partial charge in [0.25, 0.3) is 0 Å². The Morgan fingerprint density at radius 2 is 1.86 bits per heavy atom. The van der Waals surface area contributed by atoms with Gasteiger partial charge in [0.05, 0.1) is 11.4 Å². The minimum atomic E-state index is 0.200. The Morgan fingerprint density at radius 3 is 2.67 bits per heavy atom. The van der Waals surface area contributed by atoms with Gasteiger partial charge in [-0.15, -0.1) is 0 Å². The van der Waals surface area contributed by atoms with E-state index in [1.165, 1.54) is 0 Å². The van der Waals surface area contributed by atoms with Crippen LogP contribution in [0.1, 0.15) is 5.56 Å². The third kappa shape index (κ3) is 2.98. The molecule has 0 saturated carbocycles. The van der Waals surface area contributed by atoms with Crippen molar-refractivity contribution in [2.75, 3.05) is 5.32 Å². The van der Waals surface area contributed by atoms with Crippen LogP contribution in [0.25, 0.3) is 11.4 Å². The fraction of sp³-hybridized carbons (Fsp3) is 0.0667. The van der Waals surface area contributed by atoms with Gasteiger partial charge in [-0.1, -0.05) is 6.07 Å². The van der Waals surface area contributed by atoms with E-state index >= 15 is 0 Å². The lowest BCUT2D eigenvalue weighted by atomic mass is 10.2. The zero-order valence-corrected chi connectivity index (χ0v) is 12.0. The van der Waals surface area contributed by atoms with Gasteiger partial charge in [-0.3, -0.25) is 9.97 Å². The first-order valence-electron chi connectivity index (χ1n) is 6.36. The van der Waals surface area contributed by atoms with Gasteiger partial charge in [-0.25, -0.2) is 9.97 Å². The van der Waals surface area contributed by atoms with Gasteiger partial charge < -0.3 is 5.32 Å². The zero-order valence-electron chi connectivity index (χ0n) is 11.3. The molecule has 6 heteroatoms. The van der Waals surface area contributed by atoms with Gasteiger partial charge in [-0.05, 0) is 42.8 Å². The summed E-state index contributed by atoms with van der Waals surface area (Å²) < 4.78 is 0. The summed E-state index contributed by atoms with van der Waals surface area (Å²) >= 11 is 5.85. The molecule has 0 spiro atoms. The predicted octanol–water partition coefficient (Wildman–Crippen LogP) is 3.64. The number of aryl methyl sites for hydroxylation is 1. The van der Waals surface area contributed by atoms with E-state index in [9.17, 15) is 0 Å². The molecule has 0 aliphatic carbocycles. The molecule has 1 N–H and O–H groups in total. The minimum Gasteiger partial charge on any atom is -0.338 e. The Morgan fingerprint density at radius 1 is 1.00 bits per heavy atom. The molecule has 3 rings (SSSR count). The van der Waals surface area contributed by atoms with E-state index in [-0.39, 0.29) is 5.28 Å². The van der Waals surface area contributed by atoms with Gasteiger partial charge >= 0.3 is 0 Å². The van der Waals surface area contributed by atoms with Crippen molar-refractivity contribution in [3.63, 3.8) is 0 Å². The summed E-state index contributed by atoms with van der Waals surface area (Å²) in [6, 6.07) is 9.48. The number of pyridine rings is 2. The summed E-state index contributed by atoms with van der Waals surface area (Å²) in [5.41, 5.74) is 3.26. The molecule has 0 atom stereocenters. The Hall–Kier alpha value is -2.53. The number of anilines is 2. The average molecular weight is 298 g/mol. The first kappa shape index (κ1) is 13.5. The van der Waals surface area contributed by atoms with Crippen LogP contribution in [0.4, 0.5) is 11.5 Å². The van der Waals surface area contributed by atoms with E-state index < -0.39 is 0 Å². The quantitative estimate of drug-likeness (QED) is 0.748. The third-order valence-corrected chi connectivity index (χ3v) is 3.09. The molecule has 3 aromatic rings. The van der Waals surface area contributed by atoms with Crippen molar-refractivity contribution in [3.8, 4) is 11.4 Å². The van der Waals surface area contributed by atoms with Crippen molar-refractivity contribution < 1.29 is 0 Å². The van der Waals surface area contributed by atoms with E-state index in [1.54, 1.807) is 18.6 Å². The van der Waals surface area contributed by atoms with Gasteiger partial charge in [0, 0.05) is 24.2 Å². The molecule has 0 radical (unpaired) electrons. The Balaban J connectivity index is 2.02. The highest BCUT2D eigenvalue weighted by molar-refractivity contribution is 6.28. The Kier molecular flexibility index (Phi) is 3.75. The SMILES string of the molecule is Cc1cnc(Cl)nc1Nc1cccnc1-c1ccccn1. The van der Waals surface area contributed by atoms with Crippen molar-refractivity contribution in [1.82, 2.24) is 19.9 Å². The number of aromatic nitrogens is 4. The third-order valence-electron chi connectivity index (χ3n) is 2.91. The van der Waals surface area contributed by atoms with E-state index in [1.807, 2.05) is 37.3 Å². The molecule has 0 bridgehead atoms. The van der Waals surface area contributed by atoms with Gasteiger partial charge in [0.1, 0.15) is 11.5 Å². The van der Waals surface area contributed by atoms with Crippen LogP contribution in [0.2, 0.25) is 5.28 Å². The normalized spacial score (nSPS) is 10.4. The van der Waals surface area contributed by atoms with Crippen LogP contribution in [0, 0.1) is 6.92 Å². The van der Waals surface area contributed by atoms with Crippen LogP contribution in [0.3, 0.4) is 0 Å². The van der Waals surface area contributed by atoms with E-state index in [2.05, 4.69) is 25.3 Å². The van der Waals surface area contributed by atoms with Crippen LogP contribution in [0.5, 0.6) is 0 Å². The van der Waals surface area contributed by atoms with Crippen molar-refractivity contribution in [2.24, 2.45) is 0 Å². The summed E-state index contributed by atoms with van der Waals surface area (Å²) in [5.74, 6) is 0.653. The van der Waals surface area contributed by atoms with Crippen LogP contribution in [-0.2, 0) is 0 Å². The van der Waals surface area contributed by atoms with Crippen molar-refractivity contribution >= 4 is 23.1 Å². The fourth-order valence-electron chi connectivity index (χ4n) is 1.89.